The molecular formula is C52H36N2. The molecule has 0 aliphatic rings. The summed E-state index contributed by atoms with van der Waals surface area (Å²) in [7, 11) is 0. The van der Waals surface area contributed by atoms with Crippen LogP contribution in [0.4, 0.5) is 17.1 Å². The third-order valence-electron chi connectivity index (χ3n) is 10.6. The number of hydrogen-bond donors (Lipinski definition) is 0. The molecule has 0 radical (unpaired) electrons. The average Bonchev–Trinajstić information content (AvgIpc) is 3.59. The molecule has 0 amide bonds. The molecule has 0 spiro atoms. The molecule has 0 aliphatic heterocycles. The van der Waals surface area contributed by atoms with Gasteiger partial charge in [0, 0.05) is 33.1 Å². The molecule has 0 N–H and O–H groups in total. The molecule has 0 aliphatic carbocycles. The van der Waals surface area contributed by atoms with E-state index in [0.717, 1.165) is 17.1 Å². The minimum Gasteiger partial charge on any atom is -0.310 e. The van der Waals surface area contributed by atoms with Crippen LogP contribution in [0.3, 0.4) is 0 Å². The number of aromatic nitrogens is 1. The lowest BCUT2D eigenvalue weighted by atomic mass is 9.96. The van der Waals surface area contributed by atoms with Gasteiger partial charge in [-0.05, 0) is 81.7 Å². The van der Waals surface area contributed by atoms with Gasteiger partial charge in [0.1, 0.15) is 0 Å². The van der Waals surface area contributed by atoms with E-state index in [2.05, 4.69) is 228 Å². The summed E-state index contributed by atoms with van der Waals surface area (Å²) in [5.41, 5.74) is 14.1. The molecule has 1 aromatic heterocycles. The van der Waals surface area contributed by atoms with E-state index >= 15 is 0 Å². The molecule has 10 aromatic rings. The van der Waals surface area contributed by atoms with E-state index in [1.807, 2.05) is 0 Å². The maximum Gasteiger partial charge on any atom is 0.0547 e. The Morgan fingerprint density at radius 1 is 0.315 bits per heavy atom. The van der Waals surface area contributed by atoms with Crippen LogP contribution < -0.4 is 4.90 Å². The fraction of sp³-hybridized carbons (Fsp3) is 0. The Morgan fingerprint density at radius 2 is 0.815 bits per heavy atom. The molecule has 0 bridgehead atoms. The van der Waals surface area contributed by atoms with Crippen LogP contribution in [0.5, 0.6) is 0 Å². The molecule has 54 heavy (non-hydrogen) atoms. The van der Waals surface area contributed by atoms with Crippen LogP contribution in [0.15, 0.2) is 218 Å². The van der Waals surface area contributed by atoms with E-state index in [1.54, 1.807) is 0 Å². The maximum atomic E-state index is 2.44. The van der Waals surface area contributed by atoms with Crippen molar-refractivity contribution < 1.29 is 0 Å². The molecule has 254 valence electrons. The van der Waals surface area contributed by atoms with Gasteiger partial charge in [0.15, 0.2) is 0 Å². The van der Waals surface area contributed by atoms with Crippen molar-refractivity contribution in [1.29, 1.82) is 0 Å². The first-order chi connectivity index (χ1) is 26.8. The van der Waals surface area contributed by atoms with E-state index in [-0.39, 0.29) is 0 Å². The van der Waals surface area contributed by atoms with Crippen LogP contribution in [-0.2, 0) is 0 Å². The second-order valence-corrected chi connectivity index (χ2v) is 13.7. The van der Waals surface area contributed by atoms with E-state index < -0.39 is 0 Å². The smallest absolute Gasteiger partial charge is 0.0547 e. The molecule has 1 heterocycles. The third kappa shape index (κ3) is 5.44. The van der Waals surface area contributed by atoms with Crippen molar-refractivity contribution >= 4 is 49.6 Å². The zero-order valence-corrected chi connectivity index (χ0v) is 29.7. The largest absolute Gasteiger partial charge is 0.310 e. The van der Waals surface area contributed by atoms with Crippen molar-refractivity contribution in [3.8, 4) is 39.1 Å². The summed E-state index contributed by atoms with van der Waals surface area (Å²) in [4.78, 5) is 2.39. The van der Waals surface area contributed by atoms with Crippen LogP contribution >= 0.6 is 0 Å². The quantitative estimate of drug-likeness (QED) is 0.162. The van der Waals surface area contributed by atoms with Gasteiger partial charge in [0.2, 0.25) is 0 Å². The number of nitrogens with zero attached hydrogens (tertiary/aromatic N) is 2. The Kier molecular flexibility index (Phi) is 7.85. The monoisotopic (exact) mass is 688 g/mol. The predicted octanol–water partition coefficient (Wildman–Crippen LogP) is 14.4. The van der Waals surface area contributed by atoms with Gasteiger partial charge < -0.3 is 9.47 Å². The van der Waals surface area contributed by atoms with E-state index in [9.17, 15) is 0 Å². The fourth-order valence-electron chi connectivity index (χ4n) is 8.10. The molecule has 0 saturated carbocycles. The second-order valence-electron chi connectivity index (χ2n) is 13.7. The van der Waals surface area contributed by atoms with Crippen molar-refractivity contribution in [3.63, 3.8) is 0 Å². The van der Waals surface area contributed by atoms with Crippen LogP contribution in [0.1, 0.15) is 0 Å². The minimum absolute atomic E-state index is 1.10. The Bertz CT molecular complexity index is 2900. The van der Waals surface area contributed by atoms with Gasteiger partial charge in [-0.3, -0.25) is 0 Å². The van der Waals surface area contributed by atoms with Gasteiger partial charge in [-0.2, -0.15) is 0 Å². The van der Waals surface area contributed by atoms with Gasteiger partial charge in [0.25, 0.3) is 0 Å². The lowest BCUT2D eigenvalue weighted by molar-refractivity contribution is 1.20. The molecule has 0 atom stereocenters. The molecule has 0 fully saturated rings. The molecular weight excluding hydrogens is 653 g/mol. The summed E-state index contributed by atoms with van der Waals surface area (Å²) in [6.07, 6.45) is 0. The summed E-state index contributed by atoms with van der Waals surface area (Å²) in [5.74, 6) is 0. The Morgan fingerprint density at radius 3 is 1.57 bits per heavy atom. The fourth-order valence-corrected chi connectivity index (χ4v) is 8.10. The van der Waals surface area contributed by atoms with E-state index in [0.29, 0.717) is 0 Å². The molecule has 2 nitrogen and oxygen atoms in total. The molecule has 2 heteroatoms. The van der Waals surface area contributed by atoms with Gasteiger partial charge in [-0.1, -0.05) is 170 Å². The first-order valence-corrected chi connectivity index (χ1v) is 18.5. The number of hydrogen-bond acceptors (Lipinski definition) is 1. The van der Waals surface area contributed by atoms with Crippen LogP contribution in [-0.4, -0.2) is 4.57 Å². The zero-order chi connectivity index (χ0) is 35.8. The maximum absolute atomic E-state index is 2.44. The summed E-state index contributed by atoms with van der Waals surface area (Å²) >= 11 is 0. The average molecular weight is 689 g/mol. The standard InChI is InChI=1S/C52H36N2/c1-3-15-37(16-4-1)38-29-31-39(32-30-38)40-33-35-43(36-34-40)53(42-19-5-2-6-20-42)49-25-11-9-22-45(49)46-24-14-28-51-52(46)47-23-10-12-26-50(47)54(51)48-27-13-18-41-17-7-8-21-44(41)48/h1-36H. The van der Waals surface area contributed by atoms with Gasteiger partial charge in [0.05, 0.1) is 22.4 Å². The molecule has 0 unspecified atom stereocenters. The van der Waals surface area contributed by atoms with Crippen molar-refractivity contribution in [2.75, 3.05) is 4.90 Å². The molecule has 0 saturated heterocycles. The predicted molar refractivity (Wildman–Crippen MR) is 229 cm³/mol. The lowest BCUT2D eigenvalue weighted by Crippen LogP contribution is -2.11. The highest BCUT2D eigenvalue weighted by Gasteiger charge is 2.21. The summed E-state index contributed by atoms with van der Waals surface area (Å²) in [6.45, 7) is 0. The minimum atomic E-state index is 1.10. The summed E-state index contributed by atoms with van der Waals surface area (Å²) in [6, 6.07) is 78.8. The van der Waals surface area contributed by atoms with Crippen LogP contribution in [0.2, 0.25) is 0 Å². The highest BCUT2D eigenvalue weighted by atomic mass is 15.1. The van der Waals surface area contributed by atoms with Crippen molar-refractivity contribution in [2.24, 2.45) is 0 Å². The number of benzene rings is 9. The first-order valence-electron chi connectivity index (χ1n) is 18.5. The van der Waals surface area contributed by atoms with Crippen LogP contribution in [0.25, 0.3) is 71.6 Å². The first kappa shape index (κ1) is 31.6. The van der Waals surface area contributed by atoms with Crippen LogP contribution in [0, 0.1) is 0 Å². The van der Waals surface area contributed by atoms with Gasteiger partial charge >= 0.3 is 0 Å². The van der Waals surface area contributed by atoms with Crippen molar-refractivity contribution in [2.45, 2.75) is 0 Å². The second kappa shape index (κ2) is 13.4. The summed E-state index contributed by atoms with van der Waals surface area (Å²) < 4.78 is 2.44. The molecule has 10 rings (SSSR count). The van der Waals surface area contributed by atoms with Crippen molar-refractivity contribution in [1.82, 2.24) is 4.57 Å². The van der Waals surface area contributed by atoms with Crippen molar-refractivity contribution in [3.05, 3.63) is 218 Å². The zero-order valence-electron chi connectivity index (χ0n) is 29.7. The highest BCUT2D eigenvalue weighted by Crippen LogP contribution is 2.45. The number of para-hydroxylation sites is 3. The molecule has 9 aromatic carbocycles. The SMILES string of the molecule is c1ccc(-c2ccc(-c3ccc(N(c4ccccc4)c4ccccc4-c4cccc5c4c4ccccc4n5-c4cccc5ccccc45)cc3)cc2)cc1. The topological polar surface area (TPSA) is 8.17 Å². The Balaban J connectivity index is 1.12. The third-order valence-corrected chi connectivity index (χ3v) is 10.6. The van der Waals surface area contributed by atoms with Gasteiger partial charge in [-0.15, -0.1) is 0 Å². The van der Waals surface area contributed by atoms with Gasteiger partial charge in [-0.25, -0.2) is 0 Å². The Hall–Kier alpha value is -7.16. The normalized spacial score (nSPS) is 11.3. The highest BCUT2D eigenvalue weighted by molar-refractivity contribution is 6.17. The summed E-state index contributed by atoms with van der Waals surface area (Å²) in [5, 5.41) is 4.95. The Labute approximate surface area is 315 Å². The van der Waals surface area contributed by atoms with E-state index in [4.69, 9.17) is 0 Å². The number of rotatable bonds is 7. The number of anilines is 3. The number of fused-ring (bicyclic) bond motifs is 4. The van der Waals surface area contributed by atoms with E-state index in [1.165, 1.54) is 71.6 Å². The lowest BCUT2D eigenvalue weighted by Gasteiger charge is -2.28.